The summed E-state index contributed by atoms with van der Waals surface area (Å²) in [4.78, 5) is 22.6. The van der Waals surface area contributed by atoms with Crippen molar-refractivity contribution in [2.45, 2.75) is 12.8 Å². The highest BCUT2D eigenvalue weighted by Gasteiger charge is 2.31. The van der Waals surface area contributed by atoms with Crippen molar-refractivity contribution in [2.75, 3.05) is 0 Å². The van der Waals surface area contributed by atoms with E-state index in [4.69, 9.17) is 9.15 Å². The average molecular weight is 479 g/mol. The van der Waals surface area contributed by atoms with E-state index in [0.717, 1.165) is 39.6 Å². The smallest absolute Gasteiger partial charge is 0.433 e. The zero-order chi connectivity index (χ0) is 25.1. The first kappa shape index (κ1) is 22.8. The predicted molar refractivity (Wildman–Crippen MR) is 135 cm³/mol. The van der Waals surface area contributed by atoms with Gasteiger partial charge in [0, 0.05) is 22.6 Å². The molecule has 8 nitrogen and oxygen atoms in total. The summed E-state index contributed by atoms with van der Waals surface area (Å²) < 4.78 is 11.3. The Morgan fingerprint density at radius 2 is 1.69 bits per heavy atom. The summed E-state index contributed by atoms with van der Waals surface area (Å²) in [5, 5.41) is 15.0. The van der Waals surface area contributed by atoms with Gasteiger partial charge in [-0.15, -0.1) is 0 Å². The maximum Gasteiger partial charge on any atom is 0.433 e. The molecule has 1 amide bonds. The average Bonchev–Trinajstić information content (AvgIpc) is 3.40. The molecule has 4 aromatic rings. The molecule has 1 atom stereocenters. The molecule has 0 aliphatic carbocycles. The van der Waals surface area contributed by atoms with Crippen molar-refractivity contribution in [3.8, 4) is 5.75 Å². The van der Waals surface area contributed by atoms with E-state index < -0.39 is 16.7 Å². The van der Waals surface area contributed by atoms with E-state index in [0.29, 0.717) is 5.76 Å². The highest BCUT2D eigenvalue weighted by Crippen LogP contribution is 2.45. The molecule has 0 fully saturated rings. The van der Waals surface area contributed by atoms with Gasteiger partial charge < -0.3 is 9.15 Å². The topological polar surface area (TPSA) is 107 Å². The fourth-order valence-corrected chi connectivity index (χ4v) is 4.11. The van der Waals surface area contributed by atoms with Crippen molar-refractivity contribution in [3.63, 3.8) is 0 Å². The summed E-state index contributed by atoms with van der Waals surface area (Å²) >= 11 is 0. The lowest BCUT2D eigenvalue weighted by Crippen LogP contribution is -2.20. The summed E-state index contributed by atoms with van der Waals surface area (Å²) in [5.41, 5.74) is 7.15. The standard InChI is InChI=1S/C28H21N3O5/c1-18-11-13-19(14-12-18)26-21-9-5-6-10-23(21)36-27(20-7-3-2-4-8-20)22(26)17-29-30-28(32)24-15-16-25(35-24)31(33)34/h2-17,26H,1H3,(H,30,32)/b29-17-/t26-/m1/s1. The van der Waals surface area contributed by atoms with Gasteiger partial charge in [-0.1, -0.05) is 78.4 Å². The summed E-state index contributed by atoms with van der Waals surface area (Å²) in [6, 6.07) is 28.1. The zero-order valence-corrected chi connectivity index (χ0v) is 19.3. The van der Waals surface area contributed by atoms with Crippen LogP contribution in [0.2, 0.25) is 0 Å². The van der Waals surface area contributed by atoms with E-state index in [9.17, 15) is 14.9 Å². The maximum atomic E-state index is 12.5. The molecule has 3 aromatic carbocycles. The summed E-state index contributed by atoms with van der Waals surface area (Å²) in [7, 11) is 0. The molecule has 1 aromatic heterocycles. The maximum absolute atomic E-state index is 12.5. The Hall–Kier alpha value is -4.98. The molecule has 5 rings (SSSR count). The number of fused-ring (bicyclic) bond motifs is 1. The molecule has 1 N–H and O–H groups in total. The van der Waals surface area contributed by atoms with Gasteiger partial charge in [-0.05, 0) is 24.6 Å². The van der Waals surface area contributed by atoms with Gasteiger partial charge in [0.25, 0.3) is 0 Å². The summed E-state index contributed by atoms with van der Waals surface area (Å²) in [5.74, 6) is -0.287. The number of hydrogen-bond acceptors (Lipinski definition) is 6. The van der Waals surface area contributed by atoms with Gasteiger partial charge in [0.2, 0.25) is 5.76 Å². The minimum Gasteiger partial charge on any atom is -0.456 e. The van der Waals surface area contributed by atoms with Gasteiger partial charge in [-0.3, -0.25) is 14.9 Å². The van der Waals surface area contributed by atoms with Crippen molar-refractivity contribution in [1.29, 1.82) is 0 Å². The van der Waals surface area contributed by atoms with E-state index in [1.807, 2.05) is 61.5 Å². The number of rotatable bonds is 6. The number of aryl methyl sites for hydroxylation is 1. The van der Waals surface area contributed by atoms with Crippen LogP contribution in [0.15, 0.2) is 106 Å². The molecular formula is C28H21N3O5. The van der Waals surface area contributed by atoms with Gasteiger partial charge in [-0.2, -0.15) is 5.10 Å². The van der Waals surface area contributed by atoms with Crippen LogP contribution in [-0.4, -0.2) is 17.0 Å². The van der Waals surface area contributed by atoms with Crippen LogP contribution in [0.3, 0.4) is 0 Å². The molecule has 178 valence electrons. The van der Waals surface area contributed by atoms with E-state index in [-0.39, 0.29) is 11.7 Å². The number of carbonyl (C=O) groups is 1. The van der Waals surface area contributed by atoms with Crippen LogP contribution < -0.4 is 10.2 Å². The van der Waals surface area contributed by atoms with Gasteiger partial charge in [0.15, 0.2) is 0 Å². The van der Waals surface area contributed by atoms with Crippen molar-refractivity contribution in [3.05, 3.63) is 135 Å². The Bertz CT molecular complexity index is 1490. The van der Waals surface area contributed by atoms with Crippen LogP contribution in [-0.2, 0) is 0 Å². The molecular weight excluding hydrogens is 458 g/mol. The molecule has 8 heteroatoms. The number of ether oxygens (including phenoxy) is 1. The number of allylic oxidation sites excluding steroid dienone is 1. The second-order valence-corrected chi connectivity index (χ2v) is 8.23. The van der Waals surface area contributed by atoms with Crippen LogP contribution >= 0.6 is 0 Å². The van der Waals surface area contributed by atoms with Crippen molar-refractivity contribution in [1.82, 2.24) is 5.43 Å². The minimum atomic E-state index is -0.708. The second-order valence-electron chi connectivity index (χ2n) is 8.23. The first-order valence-electron chi connectivity index (χ1n) is 11.2. The largest absolute Gasteiger partial charge is 0.456 e. The number of amides is 1. The van der Waals surface area contributed by atoms with Crippen LogP contribution in [0.25, 0.3) is 5.76 Å². The molecule has 0 bridgehead atoms. The first-order valence-corrected chi connectivity index (χ1v) is 11.2. The lowest BCUT2D eigenvalue weighted by molar-refractivity contribution is -0.402. The number of hydrazone groups is 1. The van der Waals surface area contributed by atoms with E-state index in [1.165, 1.54) is 6.07 Å². The zero-order valence-electron chi connectivity index (χ0n) is 19.3. The Balaban J connectivity index is 1.57. The summed E-state index contributed by atoms with van der Waals surface area (Å²) in [6.07, 6.45) is 1.55. The van der Waals surface area contributed by atoms with Crippen molar-refractivity contribution in [2.24, 2.45) is 5.10 Å². The Labute approximate surface area is 206 Å². The Kier molecular flexibility index (Phi) is 6.15. The fourth-order valence-electron chi connectivity index (χ4n) is 4.11. The third-order valence-corrected chi connectivity index (χ3v) is 5.83. The van der Waals surface area contributed by atoms with Gasteiger partial charge >= 0.3 is 11.8 Å². The number of furan rings is 1. The lowest BCUT2D eigenvalue weighted by Gasteiger charge is -2.30. The minimum absolute atomic E-state index is 0.212. The van der Waals surface area contributed by atoms with Gasteiger partial charge in [-0.25, -0.2) is 5.43 Å². The normalized spacial score (nSPS) is 14.9. The van der Waals surface area contributed by atoms with Gasteiger partial charge in [0.05, 0.1) is 12.3 Å². The first-order chi connectivity index (χ1) is 17.5. The quantitative estimate of drug-likeness (QED) is 0.212. The molecule has 36 heavy (non-hydrogen) atoms. The highest BCUT2D eigenvalue weighted by molar-refractivity contribution is 5.96. The van der Waals surface area contributed by atoms with Crippen molar-refractivity contribution >= 4 is 23.8 Å². The third-order valence-electron chi connectivity index (χ3n) is 5.83. The van der Waals surface area contributed by atoms with E-state index >= 15 is 0 Å². The van der Waals surface area contributed by atoms with E-state index in [2.05, 4.69) is 34.8 Å². The molecule has 0 spiro atoms. The highest BCUT2D eigenvalue weighted by atomic mass is 16.6. The Morgan fingerprint density at radius 3 is 2.42 bits per heavy atom. The molecule has 0 saturated carbocycles. The monoisotopic (exact) mass is 479 g/mol. The summed E-state index contributed by atoms with van der Waals surface area (Å²) in [6.45, 7) is 2.03. The molecule has 2 heterocycles. The number of nitrogens with one attached hydrogen (secondary N) is 1. The number of hydrogen-bond donors (Lipinski definition) is 1. The lowest BCUT2D eigenvalue weighted by atomic mass is 9.81. The number of para-hydroxylation sites is 1. The van der Waals surface area contributed by atoms with Crippen LogP contribution in [0, 0.1) is 17.0 Å². The third kappa shape index (κ3) is 4.52. The molecule has 0 saturated heterocycles. The molecule has 1 aliphatic heterocycles. The Morgan fingerprint density at radius 1 is 0.972 bits per heavy atom. The number of nitro groups is 1. The molecule has 0 unspecified atom stereocenters. The van der Waals surface area contributed by atoms with Crippen molar-refractivity contribution < 1.29 is 18.9 Å². The fraction of sp³-hybridized carbons (Fsp3) is 0.0714. The molecule has 1 aliphatic rings. The van der Waals surface area contributed by atoms with E-state index in [1.54, 1.807) is 6.21 Å². The van der Waals surface area contributed by atoms with Gasteiger partial charge in [0.1, 0.15) is 16.4 Å². The number of carbonyl (C=O) groups excluding carboxylic acids is 1. The van der Waals surface area contributed by atoms with Crippen LogP contribution in [0.1, 0.15) is 38.7 Å². The SMILES string of the molecule is Cc1ccc([C@H]2C(/C=N\NC(=O)c3ccc([N+](=O)[O-])o3)=C(c3ccccc3)Oc3ccccc32)cc1. The second kappa shape index (κ2) is 9.71. The number of benzene rings is 3. The van der Waals surface area contributed by atoms with Crippen LogP contribution in [0.5, 0.6) is 5.75 Å². The molecule has 0 radical (unpaired) electrons. The van der Waals surface area contributed by atoms with Crippen LogP contribution in [0.4, 0.5) is 5.88 Å². The number of nitrogens with zero attached hydrogens (tertiary/aromatic N) is 2. The predicted octanol–water partition coefficient (Wildman–Crippen LogP) is 5.85.